The van der Waals surface area contributed by atoms with Gasteiger partial charge in [-0.3, -0.25) is 4.79 Å². The lowest BCUT2D eigenvalue weighted by atomic mass is 9.92. The Morgan fingerprint density at radius 3 is 3.00 bits per heavy atom. The molecule has 3 heterocycles. The molecule has 5 heteroatoms. The number of rotatable bonds is 1. The molecule has 1 saturated heterocycles. The Labute approximate surface area is 105 Å². The van der Waals surface area contributed by atoms with Crippen molar-refractivity contribution in [3.05, 3.63) is 34.4 Å². The molecule has 3 rings (SSSR count). The van der Waals surface area contributed by atoms with Gasteiger partial charge in [0.2, 0.25) is 0 Å². The van der Waals surface area contributed by atoms with E-state index in [1.165, 1.54) is 0 Å². The van der Waals surface area contributed by atoms with Crippen LogP contribution in [0.1, 0.15) is 18.0 Å². The van der Waals surface area contributed by atoms with Gasteiger partial charge in [-0.05, 0) is 25.6 Å². The first-order valence-corrected chi connectivity index (χ1v) is 6.28. The van der Waals surface area contributed by atoms with Crippen LogP contribution in [0, 0.1) is 0 Å². The third-order valence-corrected chi connectivity index (χ3v) is 3.68. The average molecular weight is 246 g/mol. The van der Waals surface area contributed by atoms with E-state index < -0.39 is 0 Å². The van der Waals surface area contributed by atoms with Crippen molar-refractivity contribution in [2.75, 3.05) is 20.1 Å². The molecule has 2 aromatic rings. The average Bonchev–Trinajstić information content (AvgIpc) is 2.73. The molecule has 96 valence electrons. The van der Waals surface area contributed by atoms with E-state index >= 15 is 0 Å². The van der Waals surface area contributed by atoms with Gasteiger partial charge in [-0.2, -0.15) is 0 Å². The van der Waals surface area contributed by atoms with Crippen molar-refractivity contribution in [3.8, 4) is 0 Å². The molecule has 18 heavy (non-hydrogen) atoms. The highest BCUT2D eigenvalue weighted by molar-refractivity contribution is 5.79. The van der Waals surface area contributed by atoms with Crippen molar-refractivity contribution in [2.45, 2.75) is 18.4 Å². The quantitative estimate of drug-likeness (QED) is 0.689. The zero-order valence-corrected chi connectivity index (χ0v) is 10.4. The molecular weight excluding hydrogens is 228 g/mol. The van der Waals surface area contributed by atoms with E-state index in [9.17, 15) is 4.79 Å². The molecule has 4 N–H and O–H groups in total. The summed E-state index contributed by atoms with van der Waals surface area (Å²) in [5, 5.41) is 0.731. The molecule has 2 aromatic heterocycles. The third-order valence-electron chi connectivity index (χ3n) is 3.68. The third kappa shape index (κ3) is 1.95. The topological polar surface area (TPSA) is 77.9 Å². The van der Waals surface area contributed by atoms with Crippen molar-refractivity contribution in [3.63, 3.8) is 0 Å². The Bertz CT molecular complexity index is 605. The number of fused-ring (bicyclic) bond motifs is 1. The molecule has 0 saturated carbocycles. The molecule has 2 atom stereocenters. The van der Waals surface area contributed by atoms with E-state index in [1.807, 2.05) is 12.1 Å². The number of hydrogen-bond donors (Lipinski definition) is 3. The van der Waals surface area contributed by atoms with Crippen molar-refractivity contribution < 1.29 is 0 Å². The van der Waals surface area contributed by atoms with Crippen molar-refractivity contribution in [1.82, 2.24) is 14.9 Å². The highest BCUT2D eigenvalue weighted by Crippen LogP contribution is 2.26. The maximum atomic E-state index is 11.7. The van der Waals surface area contributed by atoms with E-state index in [2.05, 4.69) is 21.9 Å². The summed E-state index contributed by atoms with van der Waals surface area (Å²) in [4.78, 5) is 20.0. The van der Waals surface area contributed by atoms with E-state index in [0.717, 1.165) is 36.1 Å². The number of piperidine rings is 1. The summed E-state index contributed by atoms with van der Waals surface area (Å²) in [6.45, 7) is 1.93. The minimum Gasteiger partial charge on any atom is -0.358 e. The van der Waals surface area contributed by atoms with Crippen LogP contribution in [0.3, 0.4) is 0 Å². The minimum absolute atomic E-state index is 0.0385. The second-order valence-electron chi connectivity index (χ2n) is 5.27. The SMILES string of the molecule is CN1CC(N)CC(c2cc3c(=O)[nH]ccc3[nH]2)C1. The van der Waals surface area contributed by atoms with Crippen LogP contribution in [-0.2, 0) is 0 Å². The fraction of sp³-hybridized carbons (Fsp3) is 0.462. The van der Waals surface area contributed by atoms with Crippen molar-refractivity contribution in [1.29, 1.82) is 0 Å². The van der Waals surface area contributed by atoms with E-state index in [-0.39, 0.29) is 11.6 Å². The van der Waals surface area contributed by atoms with Gasteiger partial charge in [-0.25, -0.2) is 0 Å². The summed E-state index contributed by atoms with van der Waals surface area (Å²) in [6, 6.07) is 4.07. The van der Waals surface area contributed by atoms with Crippen molar-refractivity contribution >= 4 is 10.9 Å². The van der Waals surface area contributed by atoms with E-state index in [4.69, 9.17) is 5.73 Å². The fourth-order valence-corrected chi connectivity index (χ4v) is 2.90. The van der Waals surface area contributed by atoms with Crippen LogP contribution < -0.4 is 11.3 Å². The number of nitrogens with zero attached hydrogens (tertiary/aromatic N) is 1. The Hall–Kier alpha value is -1.59. The maximum Gasteiger partial charge on any atom is 0.257 e. The second-order valence-corrected chi connectivity index (χ2v) is 5.27. The molecule has 0 amide bonds. The van der Waals surface area contributed by atoms with Crippen LogP contribution in [0.5, 0.6) is 0 Å². The number of aromatic amines is 2. The van der Waals surface area contributed by atoms with Crippen LogP contribution in [0.15, 0.2) is 23.1 Å². The number of likely N-dealkylation sites (N-methyl/N-ethyl adjacent to an activating group) is 1. The van der Waals surface area contributed by atoms with Gasteiger partial charge in [0, 0.05) is 36.9 Å². The van der Waals surface area contributed by atoms with Crippen LogP contribution in [-0.4, -0.2) is 41.0 Å². The Balaban J connectivity index is 1.99. The summed E-state index contributed by atoms with van der Waals surface area (Å²) >= 11 is 0. The van der Waals surface area contributed by atoms with Gasteiger partial charge < -0.3 is 20.6 Å². The highest BCUT2D eigenvalue weighted by atomic mass is 16.1. The van der Waals surface area contributed by atoms with Gasteiger partial charge in [-0.15, -0.1) is 0 Å². The highest BCUT2D eigenvalue weighted by Gasteiger charge is 2.25. The molecule has 1 fully saturated rings. The first-order chi connectivity index (χ1) is 8.63. The standard InChI is InChI=1S/C13H18N4O/c1-17-6-8(4-9(14)7-17)12-5-10-11(16-12)2-3-15-13(10)18/h2-3,5,8-9,16H,4,6-7,14H2,1H3,(H,15,18). The summed E-state index contributed by atoms with van der Waals surface area (Å²) in [5.74, 6) is 0.380. The molecule has 0 spiro atoms. The lowest BCUT2D eigenvalue weighted by molar-refractivity contribution is 0.225. The maximum absolute atomic E-state index is 11.7. The fourth-order valence-electron chi connectivity index (χ4n) is 2.90. The lowest BCUT2D eigenvalue weighted by Gasteiger charge is -2.33. The Kier molecular flexibility index (Phi) is 2.72. The minimum atomic E-state index is -0.0385. The van der Waals surface area contributed by atoms with E-state index in [1.54, 1.807) is 6.20 Å². The lowest BCUT2D eigenvalue weighted by Crippen LogP contribution is -2.44. The zero-order valence-electron chi connectivity index (χ0n) is 10.4. The zero-order chi connectivity index (χ0) is 12.7. The predicted octanol–water partition coefficient (Wildman–Crippen LogP) is 0.603. The van der Waals surface area contributed by atoms with Gasteiger partial charge in [0.25, 0.3) is 5.56 Å². The van der Waals surface area contributed by atoms with Crippen LogP contribution in [0.25, 0.3) is 10.9 Å². The van der Waals surface area contributed by atoms with Crippen LogP contribution in [0.4, 0.5) is 0 Å². The number of aromatic nitrogens is 2. The molecular formula is C13H18N4O. The Morgan fingerprint density at radius 1 is 1.44 bits per heavy atom. The van der Waals surface area contributed by atoms with Gasteiger partial charge in [0.1, 0.15) is 0 Å². The molecule has 1 aliphatic heterocycles. The normalized spacial score (nSPS) is 25.7. The monoisotopic (exact) mass is 246 g/mol. The van der Waals surface area contributed by atoms with Gasteiger partial charge in [0.15, 0.2) is 0 Å². The Morgan fingerprint density at radius 2 is 2.28 bits per heavy atom. The van der Waals surface area contributed by atoms with Gasteiger partial charge in [0.05, 0.1) is 10.9 Å². The predicted molar refractivity (Wildman–Crippen MR) is 71.7 cm³/mol. The van der Waals surface area contributed by atoms with Gasteiger partial charge in [-0.1, -0.05) is 0 Å². The first-order valence-electron chi connectivity index (χ1n) is 6.28. The summed E-state index contributed by atoms with van der Waals surface area (Å²) in [6.07, 6.45) is 2.64. The number of hydrogen-bond acceptors (Lipinski definition) is 3. The van der Waals surface area contributed by atoms with Gasteiger partial charge >= 0.3 is 0 Å². The molecule has 0 radical (unpaired) electrons. The number of likely N-dealkylation sites (tertiary alicyclic amines) is 1. The molecule has 0 bridgehead atoms. The molecule has 0 aromatic carbocycles. The first kappa shape index (κ1) is 11.5. The van der Waals surface area contributed by atoms with Crippen LogP contribution in [0.2, 0.25) is 0 Å². The summed E-state index contributed by atoms with van der Waals surface area (Å²) in [5.41, 5.74) is 8.03. The van der Waals surface area contributed by atoms with Crippen LogP contribution >= 0.6 is 0 Å². The summed E-state index contributed by atoms with van der Waals surface area (Å²) in [7, 11) is 2.08. The molecule has 1 aliphatic rings. The smallest absolute Gasteiger partial charge is 0.257 e. The molecule has 0 aliphatic carbocycles. The summed E-state index contributed by atoms with van der Waals surface area (Å²) < 4.78 is 0. The number of nitrogens with one attached hydrogen (secondary N) is 2. The second kappa shape index (κ2) is 4.26. The molecule has 5 nitrogen and oxygen atoms in total. The van der Waals surface area contributed by atoms with E-state index in [0.29, 0.717) is 5.92 Å². The largest absolute Gasteiger partial charge is 0.358 e. The number of nitrogens with two attached hydrogens (primary N) is 1. The molecule has 2 unspecified atom stereocenters. The number of pyridine rings is 1. The van der Waals surface area contributed by atoms with Crippen molar-refractivity contribution in [2.24, 2.45) is 5.73 Å². The number of H-pyrrole nitrogens is 2.